The van der Waals surface area contributed by atoms with Crippen molar-refractivity contribution >= 4 is 11.8 Å². The molecule has 2 amide bonds. The fourth-order valence-electron chi connectivity index (χ4n) is 2.60. The zero-order valence-corrected chi connectivity index (χ0v) is 13.4. The van der Waals surface area contributed by atoms with Gasteiger partial charge in [0.15, 0.2) is 0 Å². The van der Waals surface area contributed by atoms with Crippen LogP contribution >= 0.6 is 0 Å². The first-order valence-electron chi connectivity index (χ1n) is 8.10. The molecule has 5 nitrogen and oxygen atoms in total. The molecule has 1 saturated carbocycles. The first-order chi connectivity index (χ1) is 10.6. The molecule has 22 heavy (non-hydrogen) atoms. The maximum atomic E-state index is 12.2. The molecule has 1 fully saturated rings. The topological polar surface area (TPSA) is 71.1 Å². The highest BCUT2D eigenvalue weighted by Crippen LogP contribution is 2.18. The van der Waals surface area contributed by atoms with Gasteiger partial charge in [-0.25, -0.2) is 0 Å². The molecular formula is C17H25N3O2. The quantitative estimate of drug-likeness (QED) is 0.848. The number of hydrogen-bond acceptors (Lipinski definition) is 3. The summed E-state index contributed by atoms with van der Waals surface area (Å²) in [6.45, 7) is 4.86. The number of carbonyl (C=O) groups excluding carboxylic acids is 2. The lowest BCUT2D eigenvalue weighted by atomic mass is 10.1. The minimum atomic E-state index is -0.177. The number of amides is 2. The van der Waals surface area contributed by atoms with Gasteiger partial charge in [0, 0.05) is 25.0 Å². The molecular weight excluding hydrogens is 278 g/mol. The van der Waals surface area contributed by atoms with Crippen LogP contribution in [-0.4, -0.2) is 29.4 Å². The lowest BCUT2D eigenvalue weighted by molar-refractivity contribution is 0.0937. The van der Waals surface area contributed by atoms with Gasteiger partial charge in [0.25, 0.3) is 11.8 Å². The molecule has 0 bridgehead atoms. The van der Waals surface area contributed by atoms with E-state index in [1.807, 2.05) is 0 Å². The first-order valence-corrected chi connectivity index (χ1v) is 8.10. The Hall–Kier alpha value is -1.91. The van der Waals surface area contributed by atoms with Crippen molar-refractivity contribution in [2.75, 3.05) is 6.54 Å². The van der Waals surface area contributed by atoms with E-state index in [0.29, 0.717) is 23.6 Å². The second-order valence-electron chi connectivity index (χ2n) is 6.36. The molecule has 0 aliphatic heterocycles. The Morgan fingerprint density at radius 3 is 2.45 bits per heavy atom. The van der Waals surface area contributed by atoms with Crippen molar-refractivity contribution in [3.05, 3.63) is 29.6 Å². The Labute approximate surface area is 131 Å². The molecule has 1 aliphatic rings. The van der Waals surface area contributed by atoms with Crippen molar-refractivity contribution in [1.29, 1.82) is 0 Å². The fourth-order valence-corrected chi connectivity index (χ4v) is 2.60. The van der Waals surface area contributed by atoms with Gasteiger partial charge in [-0.05, 0) is 31.2 Å². The molecule has 1 aliphatic carbocycles. The Kier molecular flexibility index (Phi) is 5.92. The molecule has 1 aromatic heterocycles. The third-order valence-electron chi connectivity index (χ3n) is 3.96. The van der Waals surface area contributed by atoms with Gasteiger partial charge in [0.2, 0.25) is 0 Å². The molecule has 0 aromatic carbocycles. The SMILES string of the molecule is CC(C)CCNC(=O)c1cncc(C(=O)NC2CCCC2)c1. The number of rotatable bonds is 6. The van der Waals surface area contributed by atoms with Crippen LogP contribution < -0.4 is 10.6 Å². The molecule has 120 valence electrons. The number of aromatic nitrogens is 1. The summed E-state index contributed by atoms with van der Waals surface area (Å²) in [4.78, 5) is 28.3. The number of nitrogens with zero attached hydrogens (tertiary/aromatic N) is 1. The van der Waals surface area contributed by atoms with E-state index in [9.17, 15) is 9.59 Å². The van der Waals surface area contributed by atoms with Gasteiger partial charge in [-0.2, -0.15) is 0 Å². The summed E-state index contributed by atoms with van der Waals surface area (Å²) in [6.07, 6.45) is 8.35. The fraction of sp³-hybridized carbons (Fsp3) is 0.588. The average Bonchev–Trinajstić information content (AvgIpc) is 3.00. The van der Waals surface area contributed by atoms with Gasteiger partial charge in [0.05, 0.1) is 11.1 Å². The predicted molar refractivity (Wildman–Crippen MR) is 85.7 cm³/mol. The summed E-state index contributed by atoms with van der Waals surface area (Å²) in [6, 6.07) is 1.87. The van der Waals surface area contributed by atoms with Crippen LogP contribution in [0.15, 0.2) is 18.5 Å². The number of carbonyl (C=O) groups is 2. The van der Waals surface area contributed by atoms with E-state index in [0.717, 1.165) is 19.3 Å². The first kappa shape index (κ1) is 16.5. The van der Waals surface area contributed by atoms with Crippen molar-refractivity contribution in [1.82, 2.24) is 15.6 Å². The molecule has 1 aromatic rings. The van der Waals surface area contributed by atoms with E-state index in [2.05, 4.69) is 29.5 Å². The smallest absolute Gasteiger partial charge is 0.253 e. The van der Waals surface area contributed by atoms with Crippen LogP contribution in [-0.2, 0) is 0 Å². The van der Waals surface area contributed by atoms with Crippen molar-refractivity contribution in [3.8, 4) is 0 Å². The zero-order valence-electron chi connectivity index (χ0n) is 13.4. The summed E-state index contributed by atoms with van der Waals surface area (Å²) in [5.74, 6) is 0.224. The predicted octanol–water partition coefficient (Wildman–Crippen LogP) is 2.53. The molecule has 0 radical (unpaired) electrons. The second kappa shape index (κ2) is 7.92. The third kappa shape index (κ3) is 4.83. The van der Waals surface area contributed by atoms with Crippen LogP contribution in [0.2, 0.25) is 0 Å². The van der Waals surface area contributed by atoms with Gasteiger partial charge in [-0.1, -0.05) is 26.7 Å². The van der Waals surface area contributed by atoms with Gasteiger partial charge in [-0.3, -0.25) is 14.6 Å². The molecule has 2 N–H and O–H groups in total. The minimum absolute atomic E-state index is 0.142. The highest BCUT2D eigenvalue weighted by Gasteiger charge is 2.18. The number of nitrogens with one attached hydrogen (secondary N) is 2. The minimum Gasteiger partial charge on any atom is -0.352 e. The van der Waals surface area contributed by atoms with E-state index in [1.54, 1.807) is 6.07 Å². The maximum absolute atomic E-state index is 12.2. The molecule has 0 saturated heterocycles. The van der Waals surface area contributed by atoms with Gasteiger partial charge in [-0.15, -0.1) is 0 Å². The Morgan fingerprint density at radius 1 is 1.18 bits per heavy atom. The molecule has 0 unspecified atom stereocenters. The van der Waals surface area contributed by atoms with Crippen molar-refractivity contribution in [2.24, 2.45) is 5.92 Å². The highest BCUT2D eigenvalue weighted by atomic mass is 16.2. The molecule has 0 spiro atoms. The largest absolute Gasteiger partial charge is 0.352 e. The van der Waals surface area contributed by atoms with E-state index >= 15 is 0 Å². The summed E-state index contributed by atoms with van der Waals surface area (Å²) < 4.78 is 0. The van der Waals surface area contributed by atoms with Crippen LogP contribution in [0.3, 0.4) is 0 Å². The molecule has 5 heteroatoms. The Balaban J connectivity index is 1.93. The standard InChI is InChI=1S/C17H25N3O2/c1-12(2)7-8-19-16(21)13-9-14(11-18-10-13)17(22)20-15-5-3-4-6-15/h9-12,15H,3-8H2,1-2H3,(H,19,21)(H,20,22). The second-order valence-corrected chi connectivity index (χ2v) is 6.36. The molecule has 0 atom stereocenters. The third-order valence-corrected chi connectivity index (χ3v) is 3.96. The van der Waals surface area contributed by atoms with E-state index in [-0.39, 0.29) is 17.9 Å². The van der Waals surface area contributed by atoms with E-state index < -0.39 is 0 Å². The van der Waals surface area contributed by atoms with Crippen LogP contribution in [0.5, 0.6) is 0 Å². The van der Waals surface area contributed by atoms with E-state index in [1.165, 1.54) is 25.2 Å². The van der Waals surface area contributed by atoms with Crippen LogP contribution in [0.1, 0.15) is 66.7 Å². The maximum Gasteiger partial charge on any atom is 0.253 e. The zero-order chi connectivity index (χ0) is 15.9. The highest BCUT2D eigenvalue weighted by molar-refractivity contribution is 5.99. The van der Waals surface area contributed by atoms with Gasteiger partial charge in [0.1, 0.15) is 0 Å². The van der Waals surface area contributed by atoms with Crippen molar-refractivity contribution < 1.29 is 9.59 Å². The normalized spacial score (nSPS) is 15.0. The van der Waals surface area contributed by atoms with E-state index in [4.69, 9.17) is 0 Å². The Morgan fingerprint density at radius 2 is 1.82 bits per heavy atom. The van der Waals surface area contributed by atoms with Crippen molar-refractivity contribution in [2.45, 2.75) is 52.0 Å². The Bertz CT molecular complexity index is 522. The summed E-state index contributed by atoms with van der Waals surface area (Å²) in [5, 5.41) is 5.87. The summed E-state index contributed by atoms with van der Waals surface area (Å²) in [7, 11) is 0. The van der Waals surface area contributed by atoms with Crippen molar-refractivity contribution in [3.63, 3.8) is 0 Å². The van der Waals surface area contributed by atoms with Crippen LogP contribution in [0, 0.1) is 5.92 Å². The average molecular weight is 303 g/mol. The monoisotopic (exact) mass is 303 g/mol. The van der Waals surface area contributed by atoms with Crippen LogP contribution in [0.4, 0.5) is 0 Å². The van der Waals surface area contributed by atoms with Gasteiger partial charge >= 0.3 is 0 Å². The summed E-state index contributed by atoms with van der Waals surface area (Å²) >= 11 is 0. The number of pyridine rings is 1. The van der Waals surface area contributed by atoms with Gasteiger partial charge < -0.3 is 10.6 Å². The number of hydrogen-bond donors (Lipinski definition) is 2. The van der Waals surface area contributed by atoms with Crippen LogP contribution in [0.25, 0.3) is 0 Å². The molecule has 1 heterocycles. The lowest BCUT2D eigenvalue weighted by Gasteiger charge is -2.12. The lowest BCUT2D eigenvalue weighted by Crippen LogP contribution is -2.33. The summed E-state index contributed by atoms with van der Waals surface area (Å²) in [5.41, 5.74) is 0.881. The molecule has 2 rings (SSSR count).